The van der Waals surface area contributed by atoms with Crippen LogP contribution in [0.1, 0.15) is 5.56 Å². The number of hydrogen-bond donors (Lipinski definition) is 3. The fraction of sp³-hybridized carbons (Fsp3) is 0.300. The van der Waals surface area contributed by atoms with Crippen molar-refractivity contribution in [2.45, 2.75) is 6.18 Å². The van der Waals surface area contributed by atoms with E-state index < -0.39 is 11.7 Å². The van der Waals surface area contributed by atoms with E-state index in [1.807, 2.05) is 0 Å². The first-order valence-electron chi connectivity index (χ1n) is 4.66. The molecule has 1 amide bonds. The Morgan fingerprint density at radius 3 is 2.47 bits per heavy atom. The first-order valence-corrected chi connectivity index (χ1v) is 4.66. The normalized spacial score (nSPS) is 13.8. The summed E-state index contributed by atoms with van der Waals surface area (Å²) in [5, 5.41) is 12.1. The Bertz CT molecular complexity index is 419. The predicted octanol–water partition coefficient (Wildman–Crippen LogP) is 1.68. The molecule has 1 aliphatic rings. The zero-order valence-electron chi connectivity index (χ0n) is 8.93. The molecule has 0 bridgehead atoms. The standard InChI is InChI=1S/C9H7F3N2O.CH4O/c10-9(11,12)5-1-2-6-7(3-5)14-8(15)4-13-6;1-2/h1-3,13H,4H2,(H,14,15);2H,1H3. The Hall–Kier alpha value is -1.76. The summed E-state index contributed by atoms with van der Waals surface area (Å²) in [5.74, 6) is -0.346. The maximum Gasteiger partial charge on any atom is 0.416 e. The number of fused-ring (bicyclic) bond motifs is 1. The number of rotatable bonds is 0. The van der Waals surface area contributed by atoms with Gasteiger partial charge in [0.25, 0.3) is 0 Å². The fourth-order valence-electron chi connectivity index (χ4n) is 1.35. The number of carbonyl (C=O) groups excluding carboxylic acids is 1. The van der Waals surface area contributed by atoms with Crippen LogP contribution in [0.4, 0.5) is 24.5 Å². The molecule has 1 aliphatic heterocycles. The Labute approximate surface area is 95.4 Å². The second kappa shape index (κ2) is 5.05. The van der Waals surface area contributed by atoms with Gasteiger partial charge < -0.3 is 15.7 Å². The molecule has 0 aromatic heterocycles. The number of hydrogen-bond acceptors (Lipinski definition) is 3. The molecule has 17 heavy (non-hydrogen) atoms. The maximum atomic E-state index is 12.3. The van der Waals surface area contributed by atoms with Crippen LogP contribution >= 0.6 is 0 Å². The highest BCUT2D eigenvalue weighted by atomic mass is 19.4. The molecule has 2 rings (SSSR count). The average Bonchev–Trinajstić information content (AvgIpc) is 2.29. The lowest BCUT2D eigenvalue weighted by atomic mass is 10.1. The minimum atomic E-state index is -4.39. The molecule has 0 radical (unpaired) electrons. The largest absolute Gasteiger partial charge is 0.416 e. The van der Waals surface area contributed by atoms with E-state index in [2.05, 4.69) is 10.6 Å². The first kappa shape index (κ1) is 13.3. The van der Waals surface area contributed by atoms with E-state index in [1.54, 1.807) is 0 Å². The molecule has 0 fully saturated rings. The Balaban J connectivity index is 0.000000686. The van der Waals surface area contributed by atoms with Gasteiger partial charge in [-0.3, -0.25) is 4.79 Å². The monoisotopic (exact) mass is 248 g/mol. The van der Waals surface area contributed by atoms with Crippen LogP contribution in [-0.2, 0) is 11.0 Å². The summed E-state index contributed by atoms with van der Waals surface area (Å²) in [5.41, 5.74) is -0.103. The minimum absolute atomic E-state index is 0.0817. The lowest BCUT2D eigenvalue weighted by Crippen LogP contribution is -2.27. The van der Waals surface area contributed by atoms with Gasteiger partial charge in [-0.2, -0.15) is 13.2 Å². The van der Waals surface area contributed by atoms with E-state index in [0.717, 1.165) is 19.2 Å². The number of benzene rings is 1. The number of alkyl halides is 3. The Kier molecular flexibility index (Phi) is 3.95. The van der Waals surface area contributed by atoms with Crippen LogP contribution in [0.2, 0.25) is 0 Å². The second-order valence-electron chi connectivity index (χ2n) is 3.16. The quantitative estimate of drug-likeness (QED) is 0.654. The van der Waals surface area contributed by atoms with Gasteiger partial charge in [0.1, 0.15) is 0 Å². The third-order valence-electron chi connectivity index (χ3n) is 2.06. The van der Waals surface area contributed by atoms with Crippen molar-refractivity contribution in [3.05, 3.63) is 23.8 Å². The molecule has 1 aromatic rings. The molecule has 0 aliphatic carbocycles. The lowest BCUT2D eigenvalue weighted by Gasteiger charge is -2.19. The number of halogens is 3. The summed E-state index contributed by atoms with van der Waals surface area (Å²) in [6.07, 6.45) is -4.39. The Morgan fingerprint density at radius 2 is 1.88 bits per heavy atom. The van der Waals surface area contributed by atoms with Crippen LogP contribution in [0.3, 0.4) is 0 Å². The Morgan fingerprint density at radius 1 is 1.24 bits per heavy atom. The highest BCUT2D eigenvalue weighted by Crippen LogP contribution is 2.34. The number of aliphatic hydroxyl groups excluding tert-OH is 1. The van der Waals surface area contributed by atoms with Gasteiger partial charge in [0.05, 0.1) is 23.5 Å². The van der Waals surface area contributed by atoms with E-state index in [9.17, 15) is 18.0 Å². The number of aliphatic hydroxyl groups is 1. The molecule has 3 N–H and O–H groups in total. The summed E-state index contributed by atoms with van der Waals surface area (Å²) in [7, 11) is 1.00. The van der Waals surface area contributed by atoms with E-state index in [-0.39, 0.29) is 18.1 Å². The molecule has 0 saturated heterocycles. The molecule has 0 saturated carbocycles. The van der Waals surface area contributed by atoms with Gasteiger partial charge in [-0.1, -0.05) is 0 Å². The summed E-state index contributed by atoms with van der Waals surface area (Å²) in [6, 6.07) is 3.19. The van der Waals surface area contributed by atoms with Crippen molar-refractivity contribution in [1.82, 2.24) is 0 Å². The van der Waals surface area contributed by atoms with Gasteiger partial charge in [0, 0.05) is 7.11 Å². The molecular weight excluding hydrogens is 237 g/mol. The summed E-state index contributed by atoms with van der Waals surface area (Å²) in [6.45, 7) is 0.0817. The average molecular weight is 248 g/mol. The summed E-state index contributed by atoms with van der Waals surface area (Å²) >= 11 is 0. The van der Waals surface area contributed by atoms with Crippen molar-refractivity contribution >= 4 is 17.3 Å². The van der Waals surface area contributed by atoms with Crippen molar-refractivity contribution in [2.24, 2.45) is 0 Å². The van der Waals surface area contributed by atoms with Crippen molar-refractivity contribution in [1.29, 1.82) is 0 Å². The van der Waals surface area contributed by atoms with Gasteiger partial charge in [0.2, 0.25) is 5.91 Å². The van der Waals surface area contributed by atoms with Crippen LogP contribution in [0.5, 0.6) is 0 Å². The van der Waals surface area contributed by atoms with Gasteiger partial charge >= 0.3 is 6.18 Å². The van der Waals surface area contributed by atoms with Crippen molar-refractivity contribution in [3.63, 3.8) is 0 Å². The first-order chi connectivity index (χ1) is 7.97. The molecular formula is C10H11F3N2O2. The fourth-order valence-corrected chi connectivity index (χ4v) is 1.35. The van der Waals surface area contributed by atoms with Gasteiger partial charge in [-0.25, -0.2) is 0 Å². The zero-order valence-corrected chi connectivity index (χ0v) is 8.93. The van der Waals surface area contributed by atoms with Crippen LogP contribution in [0.15, 0.2) is 18.2 Å². The molecule has 94 valence electrons. The predicted molar refractivity (Wildman–Crippen MR) is 56.7 cm³/mol. The van der Waals surface area contributed by atoms with E-state index in [4.69, 9.17) is 5.11 Å². The molecule has 1 heterocycles. The number of anilines is 2. The molecule has 0 atom stereocenters. The van der Waals surface area contributed by atoms with E-state index >= 15 is 0 Å². The highest BCUT2D eigenvalue weighted by Gasteiger charge is 2.31. The summed E-state index contributed by atoms with van der Waals surface area (Å²) < 4.78 is 37.0. The van der Waals surface area contributed by atoms with Gasteiger partial charge in [0.15, 0.2) is 0 Å². The van der Waals surface area contributed by atoms with Crippen LogP contribution in [0.25, 0.3) is 0 Å². The molecule has 7 heteroatoms. The smallest absolute Gasteiger partial charge is 0.400 e. The SMILES string of the molecule is CO.O=C1CNc2ccc(C(F)(F)F)cc2N1. The third kappa shape index (κ3) is 3.10. The van der Waals surface area contributed by atoms with Crippen molar-refractivity contribution < 1.29 is 23.1 Å². The topological polar surface area (TPSA) is 61.4 Å². The number of amides is 1. The molecule has 0 unspecified atom stereocenters. The third-order valence-corrected chi connectivity index (χ3v) is 2.06. The summed E-state index contributed by atoms with van der Waals surface area (Å²) in [4.78, 5) is 10.9. The van der Waals surface area contributed by atoms with E-state index in [1.165, 1.54) is 6.07 Å². The lowest BCUT2D eigenvalue weighted by molar-refractivity contribution is -0.137. The highest BCUT2D eigenvalue weighted by molar-refractivity contribution is 6.00. The van der Waals surface area contributed by atoms with Gasteiger partial charge in [-0.15, -0.1) is 0 Å². The molecule has 0 spiro atoms. The van der Waals surface area contributed by atoms with Crippen molar-refractivity contribution in [2.75, 3.05) is 24.3 Å². The molecule has 1 aromatic carbocycles. The molecule has 4 nitrogen and oxygen atoms in total. The van der Waals surface area contributed by atoms with Crippen LogP contribution in [-0.4, -0.2) is 24.7 Å². The van der Waals surface area contributed by atoms with Crippen LogP contribution < -0.4 is 10.6 Å². The van der Waals surface area contributed by atoms with Crippen molar-refractivity contribution in [3.8, 4) is 0 Å². The minimum Gasteiger partial charge on any atom is -0.400 e. The number of nitrogens with one attached hydrogen (secondary N) is 2. The number of carbonyl (C=O) groups is 1. The van der Waals surface area contributed by atoms with Crippen LogP contribution in [0, 0.1) is 0 Å². The zero-order chi connectivity index (χ0) is 13.1. The van der Waals surface area contributed by atoms with Gasteiger partial charge in [-0.05, 0) is 18.2 Å². The van der Waals surface area contributed by atoms with E-state index in [0.29, 0.717) is 5.69 Å². The second-order valence-corrected chi connectivity index (χ2v) is 3.16. The maximum absolute atomic E-state index is 12.3.